The van der Waals surface area contributed by atoms with Gasteiger partial charge in [-0.25, -0.2) is 18.4 Å². The Hall–Kier alpha value is -3.18. The molecular weight excluding hydrogens is 446 g/mol. The molecule has 2 heterocycles. The number of methoxy groups -OCH3 is 1. The first-order valence-corrected chi connectivity index (χ1v) is 11.8. The number of nitrogens with zero attached hydrogens (tertiary/aromatic N) is 4. The Bertz CT molecular complexity index is 1280. The molecule has 0 fully saturated rings. The lowest BCUT2D eigenvalue weighted by atomic mass is 10.1. The Morgan fingerprint density at radius 2 is 1.91 bits per heavy atom. The number of hydrogen-bond acceptors (Lipinski definition) is 8. The highest BCUT2D eigenvalue weighted by Crippen LogP contribution is 2.34. The lowest BCUT2D eigenvalue weighted by Crippen LogP contribution is -2.45. The quantitative estimate of drug-likeness (QED) is 0.388. The number of ether oxygens (including phenoxy) is 1. The Balaban J connectivity index is 2.18. The lowest BCUT2D eigenvalue weighted by Gasteiger charge is -2.31. The number of aromatic nitrogens is 3. The molecule has 0 aliphatic rings. The Kier molecular flexibility index (Phi) is 6.66. The van der Waals surface area contributed by atoms with E-state index in [-0.39, 0.29) is 17.2 Å². The first kappa shape index (κ1) is 24.5. The van der Waals surface area contributed by atoms with E-state index < -0.39 is 15.6 Å². The van der Waals surface area contributed by atoms with Crippen LogP contribution in [-0.4, -0.2) is 46.5 Å². The van der Waals surface area contributed by atoms with Crippen LogP contribution in [0, 0.1) is 5.92 Å². The maximum atomic E-state index is 13.4. The van der Waals surface area contributed by atoms with Gasteiger partial charge in [-0.3, -0.25) is 4.79 Å². The van der Waals surface area contributed by atoms with Crippen LogP contribution in [0.4, 0.5) is 5.95 Å². The van der Waals surface area contributed by atoms with Crippen molar-refractivity contribution in [3.05, 3.63) is 30.5 Å². The molecule has 0 aliphatic heterocycles. The van der Waals surface area contributed by atoms with Gasteiger partial charge in [0, 0.05) is 18.3 Å². The van der Waals surface area contributed by atoms with Crippen molar-refractivity contribution in [2.45, 2.75) is 51.6 Å². The molecule has 178 valence electrons. The van der Waals surface area contributed by atoms with Crippen LogP contribution in [0.15, 0.2) is 35.4 Å². The third kappa shape index (κ3) is 4.79. The summed E-state index contributed by atoms with van der Waals surface area (Å²) < 4.78 is 34.6. The van der Waals surface area contributed by atoms with Crippen LogP contribution < -0.4 is 10.5 Å². The molecule has 11 heteroatoms. The molecule has 0 amide bonds. The monoisotopic (exact) mass is 475 g/mol. The molecule has 3 rings (SSSR count). The Morgan fingerprint density at radius 3 is 2.48 bits per heavy atom. The molecule has 0 unspecified atom stereocenters. The van der Waals surface area contributed by atoms with Crippen LogP contribution in [0.5, 0.6) is 5.88 Å². The average molecular weight is 476 g/mol. The fraction of sp³-hybridized carbons (Fsp3) is 0.409. The predicted octanol–water partition coefficient (Wildman–Crippen LogP) is 3.22. The second-order valence-electron chi connectivity index (χ2n) is 9.01. The van der Waals surface area contributed by atoms with E-state index in [2.05, 4.69) is 23.8 Å². The van der Waals surface area contributed by atoms with Gasteiger partial charge in [-0.1, -0.05) is 19.9 Å². The van der Waals surface area contributed by atoms with Crippen LogP contribution in [0.1, 0.15) is 34.6 Å². The van der Waals surface area contributed by atoms with E-state index in [4.69, 9.17) is 15.3 Å². The van der Waals surface area contributed by atoms with E-state index in [0.717, 1.165) is 16.6 Å². The molecule has 0 spiro atoms. The van der Waals surface area contributed by atoms with Gasteiger partial charge in [0.15, 0.2) is 0 Å². The summed E-state index contributed by atoms with van der Waals surface area (Å²) in [6.45, 7) is 9.74. The number of rotatable bonds is 8. The van der Waals surface area contributed by atoms with E-state index in [9.17, 15) is 13.2 Å². The zero-order valence-electron chi connectivity index (χ0n) is 19.6. The van der Waals surface area contributed by atoms with E-state index in [1.54, 1.807) is 20.8 Å². The van der Waals surface area contributed by atoms with Crippen LogP contribution in [0.25, 0.3) is 22.2 Å². The number of sulfonamides is 1. The molecule has 0 saturated carbocycles. The molecule has 0 radical (unpaired) electrons. The van der Waals surface area contributed by atoms with Gasteiger partial charge in [-0.05, 0) is 54.9 Å². The summed E-state index contributed by atoms with van der Waals surface area (Å²) in [7, 11) is -2.98. The van der Waals surface area contributed by atoms with Crippen molar-refractivity contribution in [2.75, 3.05) is 12.8 Å². The van der Waals surface area contributed by atoms with Crippen molar-refractivity contribution in [2.24, 2.45) is 5.92 Å². The zero-order valence-corrected chi connectivity index (χ0v) is 20.4. The summed E-state index contributed by atoms with van der Waals surface area (Å²) >= 11 is 0. The average Bonchev–Trinajstić information content (AvgIpc) is 3.04. The molecule has 3 aromatic rings. The third-order valence-corrected chi connectivity index (χ3v) is 6.77. The number of imidazole rings is 1. The largest absolute Gasteiger partial charge is 0.480 e. The summed E-state index contributed by atoms with van der Waals surface area (Å²) in [5, 5.41) is 0. The van der Waals surface area contributed by atoms with E-state index in [1.807, 2.05) is 22.8 Å². The zero-order chi connectivity index (χ0) is 24.6. The minimum Gasteiger partial charge on any atom is -0.480 e. The molecule has 10 nitrogen and oxygen atoms in total. The molecule has 1 aromatic carbocycles. The molecule has 0 saturated heterocycles. The van der Waals surface area contributed by atoms with Crippen LogP contribution >= 0.6 is 0 Å². The summed E-state index contributed by atoms with van der Waals surface area (Å²) in [5.74, 6) is 0.658. The summed E-state index contributed by atoms with van der Waals surface area (Å²) in [6.07, 6.45) is 1.52. The Labute approximate surface area is 193 Å². The lowest BCUT2D eigenvalue weighted by molar-refractivity contribution is -0.165. The summed E-state index contributed by atoms with van der Waals surface area (Å²) in [6, 6.07) is 6.98. The van der Waals surface area contributed by atoms with Gasteiger partial charge in [-0.2, -0.15) is 0 Å². The van der Waals surface area contributed by atoms with Gasteiger partial charge in [0.25, 0.3) is 10.0 Å². The second-order valence-corrected chi connectivity index (χ2v) is 10.7. The molecule has 0 bridgehead atoms. The number of fused-ring (bicyclic) bond motifs is 1. The molecule has 0 atom stereocenters. The summed E-state index contributed by atoms with van der Waals surface area (Å²) in [4.78, 5) is 24.2. The summed E-state index contributed by atoms with van der Waals surface area (Å²) in [5.41, 5.74) is 7.89. The highest BCUT2D eigenvalue weighted by atomic mass is 32.2. The molecule has 33 heavy (non-hydrogen) atoms. The number of benzene rings is 1. The van der Waals surface area contributed by atoms with Crippen molar-refractivity contribution in [1.29, 1.82) is 0 Å². The fourth-order valence-corrected chi connectivity index (χ4v) is 5.19. The molecule has 2 aromatic heterocycles. The number of hydroxylamine groups is 1. The van der Waals surface area contributed by atoms with E-state index >= 15 is 0 Å². The second kappa shape index (κ2) is 8.99. The minimum atomic E-state index is -4.30. The van der Waals surface area contributed by atoms with Crippen molar-refractivity contribution < 1.29 is 22.8 Å². The normalized spacial score (nSPS) is 12.5. The number of nitrogen functional groups attached to an aromatic ring is 1. The maximum Gasteiger partial charge on any atom is 0.314 e. The number of carbonyl (C=O) groups is 1. The van der Waals surface area contributed by atoms with Crippen molar-refractivity contribution in [3.8, 4) is 17.0 Å². The number of anilines is 1. The molecule has 0 aliphatic carbocycles. The first-order valence-electron chi connectivity index (χ1n) is 10.4. The van der Waals surface area contributed by atoms with Gasteiger partial charge in [0.2, 0.25) is 11.8 Å². The SMILES string of the molecule is COc1ncc(-c2ccc3nc(N)n(CC(C)C)c3c2)cc1S(=O)(=O)N(OC=O)C(C)(C)C. The number of nitrogens with two attached hydrogens (primary N) is 1. The van der Waals surface area contributed by atoms with Gasteiger partial charge >= 0.3 is 6.47 Å². The third-order valence-electron chi connectivity index (χ3n) is 4.85. The maximum absolute atomic E-state index is 13.4. The van der Waals surface area contributed by atoms with Gasteiger partial charge in [0.05, 0.1) is 23.7 Å². The topological polar surface area (TPSA) is 130 Å². The van der Waals surface area contributed by atoms with Crippen LogP contribution in [0.3, 0.4) is 0 Å². The number of pyridine rings is 1. The van der Waals surface area contributed by atoms with Crippen LogP contribution in [-0.2, 0) is 26.2 Å². The van der Waals surface area contributed by atoms with Gasteiger partial charge in [-0.15, -0.1) is 0 Å². The predicted molar refractivity (Wildman–Crippen MR) is 125 cm³/mol. The van der Waals surface area contributed by atoms with Crippen molar-refractivity contribution >= 4 is 33.5 Å². The highest BCUT2D eigenvalue weighted by molar-refractivity contribution is 7.89. The van der Waals surface area contributed by atoms with Crippen LogP contribution in [0.2, 0.25) is 0 Å². The number of carbonyl (C=O) groups excluding carboxylic acids is 1. The van der Waals surface area contributed by atoms with Crippen molar-refractivity contribution in [3.63, 3.8) is 0 Å². The molecular formula is C22H29N5O5S. The molecule has 2 N–H and O–H groups in total. The Morgan fingerprint density at radius 1 is 1.21 bits per heavy atom. The smallest absolute Gasteiger partial charge is 0.314 e. The van der Waals surface area contributed by atoms with E-state index in [1.165, 1.54) is 19.4 Å². The van der Waals surface area contributed by atoms with Gasteiger partial charge in [0.1, 0.15) is 4.90 Å². The van der Waals surface area contributed by atoms with Gasteiger partial charge < -0.3 is 19.9 Å². The standard InChI is InChI=1S/C22H29N5O5S/c1-14(2)12-26-18-9-15(7-8-17(18)25-21(26)23)16-10-19(20(31-6)24-11-16)33(29,30)27(32-13-28)22(3,4)5/h7-11,13-14H,12H2,1-6H3,(H2,23,25). The fourth-order valence-electron chi connectivity index (χ4n) is 3.51. The van der Waals surface area contributed by atoms with Crippen molar-refractivity contribution in [1.82, 2.24) is 19.0 Å². The number of hydrogen-bond donors (Lipinski definition) is 1. The van der Waals surface area contributed by atoms with E-state index in [0.29, 0.717) is 28.4 Å². The highest BCUT2D eigenvalue weighted by Gasteiger charge is 2.39. The minimum absolute atomic E-state index is 0.0702. The first-order chi connectivity index (χ1) is 15.4.